The van der Waals surface area contributed by atoms with Crippen LogP contribution in [-0.4, -0.2) is 9.79 Å². The van der Waals surface area contributed by atoms with E-state index in [4.69, 9.17) is 4.52 Å². The molecule has 2 aromatic rings. The van der Waals surface area contributed by atoms with Crippen molar-refractivity contribution in [2.24, 2.45) is 0 Å². The third-order valence-electron chi connectivity index (χ3n) is 4.51. The highest BCUT2D eigenvalue weighted by molar-refractivity contribution is 7.46. The summed E-state index contributed by atoms with van der Waals surface area (Å²) in [4.78, 5) is 19.4. The predicted octanol–water partition coefficient (Wildman–Crippen LogP) is 5.07. The summed E-state index contributed by atoms with van der Waals surface area (Å²) in [7, 11) is -4.71. The maximum atomic E-state index is 11.9. The summed E-state index contributed by atoms with van der Waals surface area (Å²) in [5, 5.41) is 0. The second-order valence-electron chi connectivity index (χ2n) is 6.80. The monoisotopic (exact) mass is 362 g/mol. The highest BCUT2D eigenvalue weighted by atomic mass is 31.2. The number of phosphoric ester groups is 1. The smallest absolute Gasteiger partial charge is 0.303 e. The second kappa shape index (κ2) is 7.43. The van der Waals surface area contributed by atoms with Gasteiger partial charge in [0.1, 0.15) is 5.60 Å². The highest BCUT2D eigenvalue weighted by Gasteiger charge is 2.42. The first-order valence-corrected chi connectivity index (χ1v) is 10.0. The number of aryl methyl sites for hydroxylation is 4. The lowest BCUT2D eigenvalue weighted by Crippen LogP contribution is -2.32. The van der Waals surface area contributed by atoms with E-state index in [1.54, 1.807) is 0 Å². The van der Waals surface area contributed by atoms with Crippen molar-refractivity contribution in [2.75, 3.05) is 0 Å². The SMILES string of the molecule is CCCC(OP(=O)(O)O)(c1ccc(C)cc1C)c1ccc(C)cc1C. The molecule has 0 radical (unpaired) electrons. The molecule has 2 aromatic carbocycles. The Labute approximate surface area is 150 Å². The summed E-state index contributed by atoms with van der Waals surface area (Å²) in [5.74, 6) is 0. The Bertz CT molecular complexity index is 756. The fourth-order valence-electron chi connectivity index (χ4n) is 3.65. The second-order valence-corrected chi connectivity index (χ2v) is 7.96. The predicted molar refractivity (Wildman–Crippen MR) is 101 cm³/mol. The van der Waals surface area contributed by atoms with Gasteiger partial charge in [-0.05, 0) is 56.4 Å². The van der Waals surface area contributed by atoms with Crippen LogP contribution in [-0.2, 0) is 14.7 Å². The van der Waals surface area contributed by atoms with Crippen LogP contribution in [0.15, 0.2) is 36.4 Å². The summed E-state index contributed by atoms with van der Waals surface area (Å²) in [5.41, 5.74) is 4.55. The van der Waals surface area contributed by atoms with Gasteiger partial charge >= 0.3 is 7.82 Å². The van der Waals surface area contributed by atoms with Crippen molar-refractivity contribution >= 4 is 7.82 Å². The summed E-state index contributed by atoms with van der Waals surface area (Å²) in [6, 6.07) is 11.8. The molecule has 0 atom stereocenters. The molecule has 0 saturated carbocycles. The fraction of sp³-hybridized carbons (Fsp3) is 0.400. The number of rotatable bonds is 6. The zero-order chi connectivity index (χ0) is 18.8. The molecule has 0 aliphatic rings. The van der Waals surface area contributed by atoms with Crippen LogP contribution in [0, 0.1) is 27.7 Å². The topological polar surface area (TPSA) is 66.8 Å². The number of hydrogen-bond donors (Lipinski definition) is 2. The van der Waals surface area contributed by atoms with E-state index in [1.807, 2.05) is 71.0 Å². The van der Waals surface area contributed by atoms with Gasteiger partial charge in [-0.1, -0.05) is 60.9 Å². The van der Waals surface area contributed by atoms with Crippen molar-refractivity contribution in [3.63, 3.8) is 0 Å². The van der Waals surface area contributed by atoms with Crippen molar-refractivity contribution in [2.45, 2.75) is 53.1 Å². The van der Waals surface area contributed by atoms with E-state index >= 15 is 0 Å². The van der Waals surface area contributed by atoms with Crippen LogP contribution in [0.25, 0.3) is 0 Å². The average Bonchev–Trinajstić information content (AvgIpc) is 2.45. The van der Waals surface area contributed by atoms with Crippen molar-refractivity contribution in [1.29, 1.82) is 0 Å². The molecule has 0 heterocycles. The molecule has 2 rings (SSSR count). The summed E-state index contributed by atoms with van der Waals surface area (Å²) in [6.45, 7) is 9.90. The van der Waals surface area contributed by atoms with Gasteiger partial charge in [0.2, 0.25) is 0 Å². The summed E-state index contributed by atoms with van der Waals surface area (Å²) < 4.78 is 17.4. The third kappa shape index (κ3) is 4.39. The van der Waals surface area contributed by atoms with Crippen LogP contribution in [0.5, 0.6) is 0 Å². The Kier molecular flexibility index (Phi) is 5.90. The van der Waals surface area contributed by atoms with Crippen LogP contribution in [0.2, 0.25) is 0 Å². The van der Waals surface area contributed by atoms with Gasteiger partial charge in [0.15, 0.2) is 0 Å². The highest BCUT2D eigenvalue weighted by Crippen LogP contribution is 2.52. The first-order chi connectivity index (χ1) is 11.6. The lowest BCUT2D eigenvalue weighted by atomic mass is 9.78. The summed E-state index contributed by atoms with van der Waals surface area (Å²) in [6.07, 6.45) is 1.20. The Morgan fingerprint density at radius 3 is 1.68 bits per heavy atom. The number of benzene rings is 2. The van der Waals surface area contributed by atoms with E-state index in [0.29, 0.717) is 6.42 Å². The first kappa shape index (κ1) is 19.9. The van der Waals surface area contributed by atoms with Gasteiger partial charge in [0, 0.05) is 0 Å². The van der Waals surface area contributed by atoms with Crippen LogP contribution in [0.3, 0.4) is 0 Å². The normalized spacial score (nSPS) is 12.4. The molecular weight excluding hydrogens is 335 g/mol. The van der Waals surface area contributed by atoms with E-state index in [0.717, 1.165) is 39.8 Å². The van der Waals surface area contributed by atoms with Crippen LogP contribution in [0.1, 0.15) is 53.1 Å². The molecule has 0 fully saturated rings. The van der Waals surface area contributed by atoms with Gasteiger partial charge in [0.05, 0.1) is 0 Å². The Morgan fingerprint density at radius 2 is 1.36 bits per heavy atom. The van der Waals surface area contributed by atoms with Crippen molar-refractivity contribution in [1.82, 2.24) is 0 Å². The standard InChI is InChI=1S/C20H27O4P/c1-6-11-20(24-25(21,22)23,18-9-7-14(2)12-16(18)4)19-10-8-15(3)13-17(19)5/h7-10,12-13H,6,11H2,1-5H3,(H2,21,22,23). The maximum Gasteiger partial charge on any atom is 0.470 e. The fourth-order valence-corrected chi connectivity index (χ4v) is 4.34. The van der Waals surface area contributed by atoms with Crippen molar-refractivity contribution < 1.29 is 18.9 Å². The molecule has 5 heteroatoms. The van der Waals surface area contributed by atoms with E-state index in [-0.39, 0.29) is 0 Å². The molecule has 2 N–H and O–H groups in total. The largest absolute Gasteiger partial charge is 0.470 e. The molecule has 25 heavy (non-hydrogen) atoms. The quantitative estimate of drug-likeness (QED) is 0.704. The summed E-state index contributed by atoms with van der Waals surface area (Å²) >= 11 is 0. The Morgan fingerprint density at radius 1 is 0.920 bits per heavy atom. The van der Waals surface area contributed by atoms with E-state index in [2.05, 4.69) is 0 Å². The van der Waals surface area contributed by atoms with Crippen LogP contribution >= 0.6 is 7.82 Å². The minimum Gasteiger partial charge on any atom is -0.303 e. The minimum absolute atomic E-state index is 0.478. The van der Waals surface area contributed by atoms with Gasteiger partial charge in [-0.15, -0.1) is 0 Å². The Balaban J connectivity index is 2.82. The van der Waals surface area contributed by atoms with Gasteiger partial charge in [-0.25, -0.2) is 4.57 Å². The molecule has 0 bridgehead atoms. The van der Waals surface area contributed by atoms with Gasteiger partial charge < -0.3 is 9.79 Å². The van der Waals surface area contributed by atoms with Crippen LogP contribution < -0.4 is 0 Å². The zero-order valence-corrected chi connectivity index (χ0v) is 16.4. The van der Waals surface area contributed by atoms with E-state index in [1.165, 1.54) is 0 Å². The maximum absolute atomic E-state index is 11.9. The molecule has 136 valence electrons. The zero-order valence-electron chi connectivity index (χ0n) is 15.5. The minimum atomic E-state index is -4.71. The van der Waals surface area contributed by atoms with Crippen LogP contribution in [0.4, 0.5) is 0 Å². The lowest BCUT2D eigenvalue weighted by Gasteiger charge is -2.37. The molecule has 0 spiro atoms. The molecule has 0 unspecified atom stereocenters. The average molecular weight is 362 g/mol. The molecule has 4 nitrogen and oxygen atoms in total. The lowest BCUT2D eigenvalue weighted by molar-refractivity contribution is 0.0559. The first-order valence-electron chi connectivity index (χ1n) is 8.51. The Hall–Kier alpha value is -1.45. The van der Waals surface area contributed by atoms with Gasteiger partial charge in [-0.3, -0.25) is 4.52 Å². The number of phosphoric acid groups is 1. The van der Waals surface area contributed by atoms with Crippen molar-refractivity contribution in [3.8, 4) is 0 Å². The number of hydrogen-bond acceptors (Lipinski definition) is 2. The van der Waals surface area contributed by atoms with Gasteiger partial charge in [0.25, 0.3) is 0 Å². The third-order valence-corrected chi connectivity index (χ3v) is 5.06. The van der Waals surface area contributed by atoms with Crippen molar-refractivity contribution in [3.05, 3.63) is 69.8 Å². The molecule has 0 saturated heterocycles. The van der Waals surface area contributed by atoms with E-state index < -0.39 is 13.4 Å². The molecule has 0 amide bonds. The van der Waals surface area contributed by atoms with E-state index in [9.17, 15) is 14.4 Å². The van der Waals surface area contributed by atoms with Gasteiger partial charge in [-0.2, -0.15) is 0 Å². The molecule has 0 aromatic heterocycles. The molecule has 0 aliphatic heterocycles. The molecular formula is C20H27O4P. The molecule has 0 aliphatic carbocycles.